The number of nitro benzene ring substituents is 1. The molecule has 0 aromatic heterocycles. The van der Waals surface area contributed by atoms with Crippen molar-refractivity contribution in [2.75, 3.05) is 5.32 Å². The van der Waals surface area contributed by atoms with Crippen molar-refractivity contribution in [3.05, 3.63) is 81.9 Å². The number of nitrogens with one attached hydrogen (secondary N) is 1. The quantitative estimate of drug-likeness (QED) is 0.579. The molecule has 0 fully saturated rings. The SMILES string of the molecule is Cc1ccc([N+](=O)[O-])cc1NC(=O)c1ccc2ccccc2c1. The molecule has 1 amide bonds. The van der Waals surface area contributed by atoms with Gasteiger partial charge in [0.2, 0.25) is 0 Å². The number of hydrogen-bond donors (Lipinski definition) is 1. The summed E-state index contributed by atoms with van der Waals surface area (Å²) in [5.41, 5.74) is 1.67. The summed E-state index contributed by atoms with van der Waals surface area (Å²) in [4.78, 5) is 22.8. The number of aryl methyl sites for hydroxylation is 1. The lowest BCUT2D eigenvalue weighted by Gasteiger charge is -2.09. The lowest BCUT2D eigenvalue weighted by atomic mass is 10.1. The van der Waals surface area contributed by atoms with E-state index in [4.69, 9.17) is 0 Å². The molecule has 0 atom stereocenters. The van der Waals surface area contributed by atoms with E-state index in [2.05, 4.69) is 5.32 Å². The average Bonchev–Trinajstić information content (AvgIpc) is 2.56. The molecule has 0 saturated carbocycles. The highest BCUT2D eigenvalue weighted by Crippen LogP contribution is 2.23. The molecule has 0 aliphatic heterocycles. The molecule has 23 heavy (non-hydrogen) atoms. The number of rotatable bonds is 3. The average molecular weight is 306 g/mol. The molecule has 0 unspecified atom stereocenters. The molecule has 0 aliphatic rings. The van der Waals surface area contributed by atoms with E-state index in [0.29, 0.717) is 11.3 Å². The Morgan fingerprint density at radius 2 is 1.74 bits per heavy atom. The summed E-state index contributed by atoms with van der Waals surface area (Å²) in [7, 11) is 0. The molecule has 0 heterocycles. The third-order valence-corrected chi connectivity index (χ3v) is 3.69. The summed E-state index contributed by atoms with van der Waals surface area (Å²) in [5.74, 6) is -0.292. The van der Waals surface area contributed by atoms with Gasteiger partial charge in [-0.05, 0) is 35.4 Å². The molecule has 5 nitrogen and oxygen atoms in total. The van der Waals surface area contributed by atoms with Gasteiger partial charge in [0.05, 0.1) is 10.6 Å². The number of hydrogen-bond acceptors (Lipinski definition) is 3. The first kappa shape index (κ1) is 14.7. The van der Waals surface area contributed by atoms with Crippen LogP contribution in [0.4, 0.5) is 11.4 Å². The maximum absolute atomic E-state index is 12.4. The van der Waals surface area contributed by atoms with Gasteiger partial charge < -0.3 is 5.32 Å². The molecule has 1 N–H and O–H groups in total. The summed E-state index contributed by atoms with van der Waals surface area (Å²) in [5, 5.41) is 15.6. The Morgan fingerprint density at radius 3 is 2.48 bits per heavy atom. The highest BCUT2D eigenvalue weighted by atomic mass is 16.6. The fourth-order valence-corrected chi connectivity index (χ4v) is 2.38. The molecule has 3 aromatic carbocycles. The Balaban J connectivity index is 1.91. The van der Waals surface area contributed by atoms with E-state index < -0.39 is 4.92 Å². The van der Waals surface area contributed by atoms with Crippen molar-refractivity contribution in [2.45, 2.75) is 6.92 Å². The van der Waals surface area contributed by atoms with Crippen LogP contribution in [-0.2, 0) is 0 Å². The van der Waals surface area contributed by atoms with Gasteiger partial charge in [-0.2, -0.15) is 0 Å². The van der Waals surface area contributed by atoms with Crippen LogP contribution < -0.4 is 5.32 Å². The second-order valence-electron chi connectivity index (χ2n) is 5.27. The van der Waals surface area contributed by atoms with E-state index in [1.165, 1.54) is 12.1 Å². The Kier molecular flexibility index (Phi) is 3.76. The van der Waals surface area contributed by atoms with Gasteiger partial charge in [-0.25, -0.2) is 0 Å². The molecule has 0 spiro atoms. The van der Waals surface area contributed by atoms with E-state index in [-0.39, 0.29) is 11.6 Å². The van der Waals surface area contributed by atoms with Gasteiger partial charge in [0.25, 0.3) is 11.6 Å². The lowest BCUT2D eigenvalue weighted by Crippen LogP contribution is -2.12. The molecule has 0 bridgehead atoms. The Labute approximate surface area is 132 Å². The first-order valence-electron chi connectivity index (χ1n) is 7.10. The van der Waals surface area contributed by atoms with Gasteiger partial charge in [-0.1, -0.05) is 36.4 Å². The number of carbonyl (C=O) groups excluding carboxylic acids is 1. The smallest absolute Gasteiger partial charge is 0.271 e. The lowest BCUT2D eigenvalue weighted by molar-refractivity contribution is -0.384. The standard InChI is InChI=1S/C18H14N2O3/c1-12-6-9-16(20(22)23)11-17(12)19-18(21)15-8-7-13-4-2-3-5-14(13)10-15/h2-11H,1H3,(H,19,21). The molecule has 3 rings (SSSR count). The van der Waals surface area contributed by atoms with E-state index in [9.17, 15) is 14.9 Å². The second-order valence-corrected chi connectivity index (χ2v) is 5.27. The number of carbonyl (C=O) groups is 1. The fraction of sp³-hybridized carbons (Fsp3) is 0.0556. The summed E-state index contributed by atoms with van der Waals surface area (Å²) in [6.45, 7) is 1.79. The molecular formula is C18H14N2O3. The van der Waals surface area contributed by atoms with Crippen LogP contribution in [0.1, 0.15) is 15.9 Å². The van der Waals surface area contributed by atoms with Crippen LogP contribution in [0, 0.1) is 17.0 Å². The zero-order chi connectivity index (χ0) is 16.4. The maximum atomic E-state index is 12.4. The van der Waals surface area contributed by atoms with Crippen LogP contribution in [0.25, 0.3) is 10.8 Å². The van der Waals surface area contributed by atoms with Crippen LogP contribution >= 0.6 is 0 Å². The van der Waals surface area contributed by atoms with E-state index in [1.54, 1.807) is 25.1 Å². The molecular weight excluding hydrogens is 292 g/mol. The van der Waals surface area contributed by atoms with Crippen molar-refractivity contribution in [1.29, 1.82) is 0 Å². The van der Waals surface area contributed by atoms with Crippen LogP contribution in [-0.4, -0.2) is 10.8 Å². The third-order valence-electron chi connectivity index (χ3n) is 3.69. The zero-order valence-electron chi connectivity index (χ0n) is 12.4. The van der Waals surface area contributed by atoms with Crippen molar-refractivity contribution in [1.82, 2.24) is 0 Å². The van der Waals surface area contributed by atoms with Gasteiger partial charge in [-0.15, -0.1) is 0 Å². The van der Waals surface area contributed by atoms with Crippen molar-refractivity contribution < 1.29 is 9.72 Å². The molecule has 3 aromatic rings. The molecule has 114 valence electrons. The predicted molar refractivity (Wildman–Crippen MR) is 89.7 cm³/mol. The number of nitro groups is 1. The van der Waals surface area contributed by atoms with E-state index in [0.717, 1.165) is 16.3 Å². The number of nitrogens with zero attached hydrogens (tertiary/aromatic N) is 1. The van der Waals surface area contributed by atoms with Crippen molar-refractivity contribution in [2.24, 2.45) is 0 Å². The summed E-state index contributed by atoms with van der Waals surface area (Å²) in [6, 6.07) is 17.6. The number of anilines is 1. The number of non-ortho nitro benzene ring substituents is 1. The van der Waals surface area contributed by atoms with Crippen LogP contribution in [0.2, 0.25) is 0 Å². The predicted octanol–water partition coefficient (Wildman–Crippen LogP) is 4.31. The Hall–Kier alpha value is -3.21. The second kappa shape index (κ2) is 5.88. The summed E-state index contributed by atoms with van der Waals surface area (Å²) < 4.78 is 0. The van der Waals surface area contributed by atoms with Gasteiger partial charge in [-0.3, -0.25) is 14.9 Å². The van der Waals surface area contributed by atoms with E-state index >= 15 is 0 Å². The summed E-state index contributed by atoms with van der Waals surface area (Å²) in [6.07, 6.45) is 0. The van der Waals surface area contributed by atoms with Crippen molar-refractivity contribution in [3.8, 4) is 0 Å². The normalized spacial score (nSPS) is 10.5. The zero-order valence-corrected chi connectivity index (χ0v) is 12.4. The molecule has 5 heteroatoms. The first-order chi connectivity index (χ1) is 11.0. The Morgan fingerprint density at radius 1 is 1.00 bits per heavy atom. The third kappa shape index (κ3) is 3.03. The van der Waals surface area contributed by atoms with E-state index in [1.807, 2.05) is 30.3 Å². The van der Waals surface area contributed by atoms with Gasteiger partial charge >= 0.3 is 0 Å². The fourth-order valence-electron chi connectivity index (χ4n) is 2.38. The van der Waals surface area contributed by atoms with Gasteiger partial charge in [0, 0.05) is 17.7 Å². The molecule has 0 radical (unpaired) electrons. The largest absolute Gasteiger partial charge is 0.321 e. The molecule has 0 aliphatic carbocycles. The van der Waals surface area contributed by atoms with Crippen molar-refractivity contribution >= 4 is 28.1 Å². The van der Waals surface area contributed by atoms with Crippen LogP contribution in [0.5, 0.6) is 0 Å². The topological polar surface area (TPSA) is 72.2 Å². The maximum Gasteiger partial charge on any atom is 0.271 e. The summed E-state index contributed by atoms with van der Waals surface area (Å²) >= 11 is 0. The monoisotopic (exact) mass is 306 g/mol. The number of fused-ring (bicyclic) bond motifs is 1. The number of benzene rings is 3. The minimum atomic E-state index is -0.481. The minimum Gasteiger partial charge on any atom is -0.321 e. The highest BCUT2D eigenvalue weighted by molar-refractivity contribution is 6.06. The number of amides is 1. The minimum absolute atomic E-state index is 0.0515. The van der Waals surface area contributed by atoms with Crippen LogP contribution in [0.3, 0.4) is 0 Å². The highest BCUT2D eigenvalue weighted by Gasteiger charge is 2.12. The molecule has 0 saturated heterocycles. The van der Waals surface area contributed by atoms with Gasteiger partial charge in [0.15, 0.2) is 0 Å². The Bertz CT molecular complexity index is 919. The first-order valence-corrected chi connectivity index (χ1v) is 7.10. The van der Waals surface area contributed by atoms with Crippen LogP contribution in [0.15, 0.2) is 60.7 Å². The van der Waals surface area contributed by atoms with Gasteiger partial charge in [0.1, 0.15) is 0 Å². The van der Waals surface area contributed by atoms with Crippen molar-refractivity contribution in [3.63, 3.8) is 0 Å².